The van der Waals surface area contributed by atoms with Crippen LogP contribution in [0.5, 0.6) is 0 Å². The predicted molar refractivity (Wildman–Crippen MR) is 120 cm³/mol. The lowest BCUT2D eigenvalue weighted by molar-refractivity contribution is 0.278. The van der Waals surface area contributed by atoms with Crippen LogP contribution in [0.1, 0.15) is 81.4 Å². The van der Waals surface area contributed by atoms with Gasteiger partial charge in [0, 0.05) is 23.6 Å². The standard InChI is InChI=1S/C25H33N3O2/c29-16-15-26-24-27-22-20-12-6-5-9-18(20)17-25(13-7-2-8-14-25)21(22)23(30)28(24)19-10-3-1-4-11-19/h5-6,9,12,19,29H,1-4,7-8,10-11,13-17H2,(H,26,27). The molecule has 0 amide bonds. The average molecular weight is 408 g/mol. The van der Waals surface area contributed by atoms with Gasteiger partial charge in [-0.2, -0.15) is 0 Å². The molecule has 2 aromatic rings. The van der Waals surface area contributed by atoms with Gasteiger partial charge >= 0.3 is 0 Å². The van der Waals surface area contributed by atoms with Crippen LogP contribution in [0.15, 0.2) is 29.1 Å². The SMILES string of the molecule is O=c1c2c(nc(NCCO)n1C1CCCCC1)-c1ccccc1CC21CCCCC1. The summed E-state index contributed by atoms with van der Waals surface area (Å²) in [6, 6.07) is 8.70. The van der Waals surface area contributed by atoms with Gasteiger partial charge in [0.05, 0.1) is 17.9 Å². The third-order valence-corrected chi connectivity index (χ3v) is 7.59. The quantitative estimate of drug-likeness (QED) is 0.779. The van der Waals surface area contributed by atoms with E-state index in [1.165, 1.54) is 44.1 Å². The minimum Gasteiger partial charge on any atom is -0.395 e. The molecule has 0 unspecified atom stereocenters. The van der Waals surface area contributed by atoms with Gasteiger partial charge in [0.15, 0.2) is 0 Å². The van der Waals surface area contributed by atoms with Crippen molar-refractivity contribution in [3.8, 4) is 11.3 Å². The predicted octanol–water partition coefficient (Wildman–Crippen LogP) is 4.58. The first-order valence-electron chi connectivity index (χ1n) is 11.8. The summed E-state index contributed by atoms with van der Waals surface area (Å²) >= 11 is 0. The van der Waals surface area contributed by atoms with E-state index in [0.29, 0.717) is 12.5 Å². The number of benzene rings is 1. The van der Waals surface area contributed by atoms with Crippen LogP contribution < -0.4 is 10.9 Å². The number of nitrogens with zero attached hydrogens (tertiary/aromatic N) is 2. The molecule has 0 bridgehead atoms. The molecule has 2 saturated carbocycles. The van der Waals surface area contributed by atoms with Crippen molar-refractivity contribution >= 4 is 5.95 Å². The van der Waals surface area contributed by atoms with Gasteiger partial charge in [-0.15, -0.1) is 0 Å². The van der Waals surface area contributed by atoms with Gasteiger partial charge in [0.2, 0.25) is 5.95 Å². The number of rotatable bonds is 4. The van der Waals surface area contributed by atoms with E-state index < -0.39 is 0 Å². The smallest absolute Gasteiger partial charge is 0.259 e. The summed E-state index contributed by atoms with van der Waals surface area (Å²) in [6.45, 7) is 0.433. The first kappa shape index (κ1) is 19.8. The highest BCUT2D eigenvalue weighted by Gasteiger charge is 2.43. The first-order chi connectivity index (χ1) is 14.7. The van der Waals surface area contributed by atoms with Gasteiger partial charge in [-0.3, -0.25) is 9.36 Å². The van der Waals surface area contributed by atoms with Gasteiger partial charge in [-0.25, -0.2) is 4.98 Å². The van der Waals surface area contributed by atoms with E-state index in [9.17, 15) is 9.90 Å². The van der Waals surface area contributed by atoms with E-state index in [1.54, 1.807) is 0 Å². The lowest BCUT2D eigenvalue weighted by atomic mass is 9.62. The maximum atomic E-state index is 14.2. The van der Waals surface area contributed by atoms with Crippen molar-refractivity contribution in [2.75, 3.05) is 18.5 Å². The Morgan fingerprint density at radius 1 is 1.07 bits per heavy atom. The fourth-order valence-corrected chi connectivity index (χ4v) is 6.19. The molecule has 5 nitrogen and oxygen atoms in total. The van der Waals surface area contributed by atoms with Gasteiger partial charge in [-0.1, -0.05) is 62.8 Å². The number of aliphatic hydroxyl groups excluding tert-OH is 1. The van der Waals surface area contributed by atoms with Crippen LogP contribution in [0.4, 0.5) is 5.95 Å². The summed E-state index contributed by atoms with van der Waals surface area (Å²) in [4.78, 5) is 19.3. The number of nitrogens with one attached hydrogen (secondary N) is 1. The van der Waals surface area contributed by atoms with Gasteiger partial charge < -0.3 is 10.4 Å². The van der Waals surface area contributed by atoms with Crippen LogP contribution >= 0.6 is 0 Å². The Hall–Kier alpha value is -2.14. The van der Waals surface area contributed by atoms with Crippen molar-refractivity contribution in [2.24, 2.45) is 0 Å². The third-order valence-electron chi connectivity index (χ3n) is 7.59. The molecule has 160 valence electrons. The molecule has 3 aliphatic carbocycles. The van der Waals surface area contributed by atoms with Crippen LogP contribution in [0.3, 0.4) is 0 Å². The molecule has 5 rings (SSSR count). The van der Waals surface area contributed by atoms with Crippen LogP contribution in [0.25, 0.3) is 11.3 Å². The maximum Gasteiger partial charge on any atom is 0.259 e. The molecule has 3 aliphatic rings. The second-order valence-electron chi connectivity index (χ2n) is 9.45. The summed E-state index contributed by atoms with van der Waals surface area (Å²) in [7, 11) is 0. The number of aromatic nitrogens is 2. The Kier molecular flexibility index (Phi) is 5.40. The molecular formula is C25H33N3O2. The van der Waals surface area contributed by atoms with Crippen molar-refractivity contribution < 1.29 is 5.11 Å². The largest absolute Gasteiger partial charge is 0.395 e. The third kappa shape index (κ3) is 3.27. The zero-order valence-corrected chi connectivity index (χ0v) is 17.8. The molecule has 2 fully saturated rings. The topological polar surface area (TPSA) is 67.2 Å². The molecule has 0 saturated heterocycles. The lowest BCUT2D eigenvalue weighted by Gasteiger charge is -2.42. The molecule has 0 radical (unpaired) electrons. The molecule has 1 aromatic carbocycles. The minimum atomic E-state index is -0.0715. The Morgan fingerprint density at radius 3 is 2.57 bits per heavy atom. The normalized spacial score (nSPS) is 20.6. The highest BCUT2D eigenvalue weighted by atomic mass is 16.3. The van der Waals surface area contributed by atoms with E-state index in [1.807, 2.05) is 4.57 Å². The lowest BCUT2D eigenvalue weighted by Crippen LogP contribution is -2.44. The average Bonchev–Trinajstić information content (AvgIpc) is 2.78. The van der Waals surface area contributed by atoms with Gasteiger partial charge in [0.25, 0.3) is 5.56 Å². The fourth-order valence-electron chi connectivity index (χ4n) is 6.19. The summed E-state index contributed by atoms with van der Waals surface area (Å²) < 4.78 is 1.97. The number of aliphatic hydroxyl groups is 1. The van der Waals surface area contributed by atoms with Crippen molar-refractivity contribution in [1.29, 1.82) is 0 Å². The van der Waals surface area contributed by atoms with Crippen LogP contribution in [-0.2, 0) is 11.8 Å². The Balaban J connectivity index is 1.75. The molecule has 30 heavy (non-hydrogen) atoms. The molecule has 0 atom stereocenters. The number of hydrogen-bond acceptors (Lipinski definition) is 4. The Bertz CT molecular complexity index is 969. The fraction of sp³-hybridized carbons (Fsp3) is 0.600. The number of hydrogen-bond donors (Lipinski definition) is 2. The summed E-state index contributed by atoms with van der Waals surface area (Å²) in [5.41, 5.74) is 4.39. The maximum absolute atomic E-state index is 14.2. The molecule has 0 aliphatic heterocycles. The summed E-state index contributed by atoms with van der Waals surface area (Å²) in [6.07, 6.45) is 12.4. The van der Waals surface area contributed by atoms with Crippen molar-refractivity contribution in [3.05, 3.63) is 45.7 Å². The van der Waals surface area contributed by atoms with Crippen LogP contribution in [0, 0.1) is 0 Å². The minimum absolute atomic E-state index is 0.0259. The zero-order chi connectivity index (χ0) is 20.6. The van der Waals surface area contributed by atoms with Crippen molar-refractivity contribution in [3.63, 3.8) is 0 Å². The monoisotopic (exact) mass is 407 g/mol. The van der Waals surface area contributed by atoms with E-state index >= 15 is 0 Å². The van der Waals surface area contributed by atoms with E-state index in [-0.39, 0.29) is 23.6 Å². The molecule has 1 spiro atoms. The van der Waals surface area contributed by atoms with Crippen molar-refractivity contribution in [1.82, 2.24) is 9.55 Å². The molecule has 5 heteroatoms. The van der Waals surface area contributed by atoms with Crippen molar-refractivity contribution in [2.45, 2.75) is 82.1 Å². The number of anilines is 1. The Labute approximate surface area is 178 Å². The highest BCUT2D eigenvalue weighted by Crippen LogP contribution is 2.49. The second-order valence-corrected chi connectivity index (χ2v) is 9.45. The second kappa shape index (κ2) is 8.18. The van der Waals surface area contributed by atoms with E-state index in [2.05, 4.69) is 29.6 Å². The highest BCUT2D eigenvalue weighted by molar-refractivity contribution is 5.72. The van der Waals surface area contributed by atoms with Crippen LogP contribution in [0.2, 0.25) is 0 Å². The van der Waals surface area contributed by atoms with E-state index in [0.717, 1.165) is 48.9 Å². The zero-order valence-electron chi connectivity index (χ0n) is 17.8. The number of fused-ring (bicyclic) bond motifs is 4. The Morgan fingerprint density at radius 2 is 1.80 bits per heavy atom. The molecular weight excluding hydrogens is 374 g/mol. The molecule has 1 aromatic heterocycles. The summed E-state index contributed by atoms with van der Waals surface area (Å²) in [5.74, 6) is 0.641. The molecule has 1 heterocycles. The first-order valence-corrected chi connectivity index (χ1v) is 11.8. The summed E-state index contributed by atoms with van der Waals surface area (Å²) in [5, 5.41) is 12.7. The van der Waals surface area contributed by atoms with Gasteiger partial charge in [0.1, 0.15) is 0 Å². The van der Waals surface area contributed by atoms with Gasteiger partial charge in [-0.05, 0) is 37.7 Å². The van der Waals surface area contributed by atoms with E-state index in [4.69, 9.17) is 4.98 Å². The molecule has 2 N–H and O–H groups in total. The van der Waals surface area contributed by atoms with Crippen LogP contribution in [-0.4, -0.2) is 27.8 Å².